The predicted octanol–water partition coefficient (Wildman–Crippen LogP) is 3.92. The van der Waals surface area contributed by atoms with Gasteiger partial charge in [0.15, 0.2) is 0 Å². The topological polar surface area (TPSA) is 20.2 Å². The first kappa shape index (κ1) is 12.2. The van der Waals surface area contributed by atoms with Crippen LogP contribution in [0.2, 0.25) is 0 Å². The van der Waals surface area contributed by atoms with Crippen LogP contribution in [0.3, 0.4) is 0 Å². The summed E-state index contributed by atoms with van der Waals surface area (Å²) < 4.78 is 0. The highest BCUT2D eigenvalue weighted by Crippen LogP contribution is 2.64. The maximum Gasteiger partial charge on any atom is 0.0651 e. The predicted molar refractivity (Wildman–Crippen MR) is 68.2 cm³/mol. The summed E-state index contributed by atoms with van der Waals surface area (Å²) in [7, 11) is 0. The van der Waals surface area contributed by atoms with Crippen LogP contribution in [-0.2, 0) is 0 Å². The molecule has 2 saturated carbocycles. The van der Waals surface area contributed by atoms with Gasteiger partial charge in [0.25, 0.3) is 0 Å². The molecule has 2 aliphatic rings. The summed E-state index contributed by atoms with van der Waals surface area (Å²) in [5.74, 6) is 1.39. The smallest absolute Gasteiger partial charge is 0.0651 e. The molecule has 0 aliphatic heterocycles. The third-order valence-electron chi connectivity index (χ3n) is 4.95. The Morgan fingerprint density at radius 1 is 1.25 bits per heavy atom. The van der Waals surface area contributed by atoms with Crippen LogP contribution in [0, 0.1) is 17.3 Å². The normalized spacial score (nSPS) is 46.1. The largest absolute Gasteiger partial charge is 0.390 e. The SMILES string of the molecule is CC(C)=CCC[C@]1(C)CC[C@@](C)(O)[C@H]2C[C@H]21. The van der Waals surface area contributed by atoms with Crippen molar-refractivity contribution in [3.05, 3.63) is 11.6 Å². The average Bonchev–Trinajstić information content (AvgIpc) is 2.93. The van der Waals surface area contributed by atoms with Crippen LogP contribution < -0.4 is 0 Å². The highest BCUT2D eigenvalue weighted by atomic mass is 16.3. The molecular weight excluding hydrogens is 196 g/mol. The van der Waals surface area contributed by atoms with Gasteiger partial charge in [0, 0.05) is 0 Å². The first-order valence-corrected chi connectivity index (χ1v) is 6.71. The van der Waals surface area contributed by atoms with Gasteiger partial charge in [0.2, 0.25) is 0 Å². The fourth-order valence-corrected chi connectivity index (χ4v) is 3.56. The molecule has 0 aromatic rings. The Morgan fingerprint density at radius 3 is 2.56 bits per heavy atom. The van der Waals surface area contributed by atoms with E-state index in [1.807, 2.05) is 6.92 Å². The Balaban J connectivity index is 1.93. The van der Waals surface area contributed by atoms with E-state index in [2.05, 4.69) is 26.8 Å². The monoisotopic (exact) mass is 222 g/mol. The van der Waals surface area contributed by atoms with E-state index in [0.717, 1.165) is 12.3 Å². The molecule has 2 fully saturated rings. The minimum Gasteiger partial charge on any atom is -0.390 e. The molecule has 1 N–H and O–H groups in total. The Bertz CT molecular complexity index is 299. The number of hydrogen-bond acceptors (Lipinski definition) is 1. The molecule has 0 radical (unpaired) electrons. The molecule has 0 amide bonds. The van der Waals surface area contributed by atoms with Gasteiger partial charge in [-0.1, -0.05) is 18.6 Å². The van der Waals surface area contributed by atoms with Gasteiger partial charge in [-0.25, -0.2) is 0 Å². The number of hydrogen-bond donors (Lipinski definition) is 1. The van der Waals surface area contributed by atoms with E-state index in [9.17, 15) is 5.11 Å². The Kier molecular flexibility index (Phi) is 2.94. The fraction of sp³-hybridized carbons (Fsp3) is 0.867. The molecule has 0 saturated heterocycles. The molecular formula is C15H26O. The van der Waals surface area contributed by atoms with E-state index in [-0.39, 0.29) is 5.60 Å². The van der Waals surface area contributed by atoms with Gasteiger partial charge in [-0.15, -0.1) is 0 Å². The Labute approximate surface area is 99.9 Å². The molecule has 1 heteroatoms. The molecule has 0 unspecified atom stereocenters. The van der Waals surface area contributed by atoms with Crippen LogP contribution in [0.1, 0.15) is 59.8 Å². The lowest BCUT2D eigenvalue weighted by molar-refractivity contribution is -0.0278. The summed E-state index contributed by atoms with van der Waals surface area (Å²) in [6.45, 7) is 8.82. The van der Waals surface area contributed by atoms with E-state index >= 15 is 0 Å². The lowest BCUT2D eigenvalue weighted by Gasteiger charge is -2.40. The second-order valence-electron chi connectivity index (χ2n) is 6.78. The molecule has 2 aliphatic carbocycles. The number of fused-ring (bicyclic) bond motifs is 1. The molecule has 4 atom stereocenters. The Hall–Kier alpha value is -0.300. The van der Waals surface area contributed by atoms with E-state index in [0.29, 0.717) is 11.3 Å². The van der Waals surface area contributed by atoms with Crippen LogP contribution in [0.5, 0.6) is 0 Å². The quantitative estimate of drug-likeness (QED) is 0.718. The number of rotatable bonds is 3. The van der Waals surface area contributed by atoms with Gasteiger partial charge in [-0.3, -0.25) is 0 Å². The number of aliphatic hydroxyl groups is 1. The highest BCUT2D eigenvalue weighted by molar-refractivity contribution is 5.10. The maximum absolute atomic E-state index is 10.2. The summed E-state index contributed by atoms with van der Waals surface area (Å²) in [5, 5.41) is 10.2. The minimum absolute atomic E-state index is 0.360. The molecule has 0 aromatic heterocycles. The van der Waals surface area contributed by atoms with Crippen molar-refractivity contribution in [1.82, 2.24) is 0 Å². The van der Waals surface area contributed by atoms with Crippen molar-refractivity contribution in [3.63, 3.8) is 0 Å². The van der Waals surface area contributed by atoms with Crippen molar-refractivity contribution in [1.29, 1.82) is 0 Å². The number of allylic oxidation sites excluding steroid dienone is 2. The van der Waals surface area contributed by atoms with Crippen molar-refractivity contribution in [3.8, 4) is 0 Å². The van der Waals surface area contributed by atoms with Gasteiger partial charge in [0.05, 0.1) is 5.60 Å². The maximum atomic E-state index is 10.2. The van der Waals surface area contributed by atoms with Gasteiger partial charge in [-0.2, -0.15) is 0 Å². The van der Waals surface area contributed by atoms with Crippen molar-refractivity contribution < 1.29 is 5.11 Å². The summed E-state index contributed by atoms with van der Waals surface area (Å²) in [4.78, 5) is 0. The third kappa shape index (κ3) is 2.20. The lowest BCUT2D eigenvalue weighted by atomic mass is 9.68. The molecule has 0 bridgehead atoms. The summed E-state index contributed by atoms with van der Waals surface area (Å²) >= 11 is 0. The van der Waals surface area contributed by atoms with Crippen LogP contribution >= 0.6 is 0 Å². The van der Waals surface area contributed by atoms with Gasteiger partial charge in [-0.05, 0) is 70.1 Å². The average molecular weight is 222 g/mol. The first-order chi connectivity index (χ1) is 7.35. The second kappa shape index (κ2) is 3.87. The molecule has 2 rings (SSSR count). The zero-order valence-corrected chi connectivity index (χ0v) is 11.2. The van der Waals surface area contributed by atoms with E-state index < -0.39 is 0 Å². The first-order valence-electron chi connectivity index (χ1n) is 6.71. The van der Waals surface area contributed by atoms with Crippen molar-refractivity contribution in [2.45, 2.75) is 65.4 Å². The fourth-order valence-electron chi connectivity index (χ4n) is 3.56. The standard InChI is InChI=1S/C15H26O/c1-11(2)6-5-7-14(3)8-9-15(4,16)13-10-12(13)14/h6,12-13,16H,5,7-10H2,1-4H3/t12-,13+,14-,15-/m1/s1. The zero-order valence-electron chi connectivity index (χ0n) is 11.2. The molecule has 1 nitrogen and oxygen atoms in total. The minimum atomic E-state index is -0.360. The van der Waals surface area contributed by atoms with Crippen LogP contribution in [0.25, 0.3) is 0 Å². The van der Waals surface area contributed by atoms with E-state index in [1.165, 1.54) is 31.3 Å². The Morgan fingerprint density at radius 2 is 1.94 bits per heavy atom. The third-order valence-corrected chi connectivity index (χ3v) is 4.95. The second-order valence-corrected chi connectivity index (χ2v) is 6.78. The molecule has 0 spiro atoms. The van der Waals surface area contributed by atoms with Crippen molar-refractivity contribution >= 4 is 0 Å². The van der Waals surface area contributed by atoms with E-state index in [4.69, 9.17) is 0 Å². The summed E-state index contributed by atoms with van der Waals surface area (Å²) in [6.07, 6.45) is 8.34. The zero-order chi connectivity index (χ0) is 12.0. The van der Waals surface area contributed by atoms with E-state index in [1.54, 1.807) is 0 Å². The van der Waals surface area contributed by atoms with Crippen LogP contribution in [-0.4, -0.2) is 10.7 Å². The van der Waals surface area contributed by atoms with Gasteiger partial charge in [0.1, 0.15) is 0 Å². The van der Waals surface area contributed by atoms with Crippen LogP contribution in [0.15, 0.2) is 11.6 Å². The highest BCUT2D eigenvalue weighted by Gasteiger charge is 2.60. The summed E-state index contributed by atoms with van der Waals surface area (Å²) in [5.41, 5.74) is 1.57. The molecule has 0 heterocycles. The van der Waals surface area contributed by atoms with Crippen LogP contribution in [0.4, 0.5) is 0 Å². The van der Waals surface area contributed by atoms with Gasteiger partial charge < -0.3 is 5.11 Å². The summed E-state index contributed by atoms with van der Waals surface area (Å²) in [6, 6.07) is 0. The van der Waals surface area contributed by atoms with Gasteiger partial charge >= 0.3 is 0 Å². The van der Waals surface area contributed by atoms with Crippen molar-refractivity contribution in [2.75, 3.05) is 0 Å². The molecule has 0 aromatic carbocycles. The molecule has 92 valence electrons. The lowest BCUT2D eigenvalue weighted by Crippen LogP contribution is -2.38. The molecule has 16 heavy (non-hydrogen) atoms. The van der Waals surface area contributed by atoms with Crippen molar-refractivity contribution in [2.24, 2.45) is 17.3 Å².